The van der Waals surface area contributed by atoms with Gasteiger partial charge in [-0.05, 0) is 25.7 Å². The number of aliphatic hydroxyl groups excluding tert-OH is 1. The molecule has 2 atom stereocenters. The molecule has 0 aromatic rings. The molecule has 5 nitrogen and oxygen atoms in total. The molecule has 2 heterocycles. The Labute approximate surface area is 103 Å². The molecule has 0 spiro atoms. The zero-order valence-corrected chi connectivity index (χ0v) is 10.9. The van der Waals surface area contributed by atoms with E-state index in [2.05, 4.69) is 0 Å². The van der Waals surface area contributed by atoms with Crippen molar-refractivity contribution in [2.45, 2.75) is 44.2 Å². The van der Waals surface area contributed by atoms with Gasteiger partial charge in [-0.1, -0.05) is 6.42 Å². The Morgan fingerprint density at radius 1 is 1.24 bits per heavy atom. The number of ether oxygens (including phenoxy) is 1. The predicted molar refractivity (Wildman–Crippen MR) is 64.2 cm³/mol. The average molecular weight is 263 g/mol. The van der Waals surface area contributed by atoms with Crippen molar-refractivity contribution in [1.82, 2.24) is 4.31 Å². The summed E-state index contributed by atoms with van der Waals surface area (Å²) in [5, 5.41) is 9.25. The lowest BCUT2D eigenvalue weighted by molar-refractivity contribution is 0.122. The van der Waals surface area contributed by atoms with Crippen LogP contribution in [0.25, 0.3) is 0 Å². The summed E-state index contributed by atoms with van der Waals surface area (Å²) in [6.45, 7) is 1.13. The number of aliphatic hydroxyl groups is 1. The van der Waals surface area contributed by atoms with Crippen molar-refractivity contribution in [3.8, 4) is 0 Å². The van der Waals surface area contributed by atoms with E-state index < -0.39 is 10.0 Å². The molecule has 0 aliphatic carbocycles. The topological polar surface area (TPSA) is 66.8 Å². The molecule has 2 aliphatic heterocycles. The summed E-state index contributed by atoms with van der Waals surface area (Å²) in [5.74, 6) is 0.0729. The fraction of sp³-hybridized carbons (Fsp3) is 1.00. The maximum absolute atomic E-state index is 12.2. The Balaban J connectivity index is 2.01. The van der Waals surface area contributed by atoms with Crippen LogP contribution in [-0.2, 0) is 14.8 Å². The number of nitrogens with zero attached hydrogens (tertiary/aromatic N) is 1. The number of sulfonamides is 1. The number of rotatable bonds is 4. The second-order valence-corrected chi connectivity index (χ2v) is 6.82. The van der Waals surface area contributed by atoms with Crippen LogP contribution in [-0.4, -0.2) is 55.5 Å². The Hall–Kier alpha value is -0.170. The number of hydrogen-bond donors (Lipinski definition) is 1. The molecular weight excluding hydrogens is 242 g/mol. The Kier molecular flexibility index (Phi) is 4.41. The highest BCUT2D eigenvalue weighted by atomic mass is 32.2. The Morgan fingerprint density at radius 2 is 2.06 bits per heavy atom. The third-order valence-corrected chi connectivity index (χ3v) is 5.55. The van der Waals surface area contributed by atoms with Gasteiger partial charge in [0.2, 0.25) is 10.0 Å². The molecule has 0 saturated carbocycles. The van der Waals surface area contributed by atoms with E-state index in [-0.39, 0.29) is 24.5 Å². The summed E-state index contributed by atoms with van der Waals surface area (Å²) in [5.41, 5.74) is 0. The Morgan fingerprint density at radius 3 is 2.71 bits per heavy atom. The van der Waals surface area contributed by atoms with Gasteiger partial charge in [0.25, 0.3) is 0 Å². The van der Waals surface area contributed by atoms with Gasteiger partial charge in [-0.3, -0.25) is 0 Å². The molecule has 0 bridgehead atoms. The van der Waals surface area contributed by atoms with Gasteiger partial charge in [-0.2, -0.15) is 4.31 Å². The molecule has 2 aliphatic rings. The zero-order valence-electron chi connectivity index (χ0n) is 10.0. The van der Waals surface area contributed by atoms with Crippen LogP contribution in [0, 0.1) is 0 Å². The van der Waals surface area contributed by atoms with Gasteiger partial charge < -0.3 is 9.84 Å². The minimum absolute atomic E-state index is 0.0729. The zero-order chi connectivity index (χ0) is 12.3. The highest BCUT2D eigenvalue weighted by Gasteiger charge is 2.34. The molecule has 2 rings (SSSR count). The van der Waals surface area contributed by atoms with E-state index in [9.17, 15) is 13.5 Å². The first-order valence-electron chi connectivity index (χ1n) is 6.35. The molecule has 0 radical (unpaired) electrons. The fourth-order valence-electron chi connectivity index (χ4n) is 2.63. The number of hydrogen-bond acceptors (Lipinski definition) is 4. The van der Waals surface area contributed by atoms with Crippen molar-refractivity contribution in [1.29, 1.82) is 0 Å². The van der Waals surface area contributed by atoms with Crippen LogP contribution in [0.2, 0.25) is 0 Å². The molecule has 0 aromatic carbocycles. The van der Waals surface area contributed by atoms with E-state index in [4.69, 9.17) is 4.74 Å². The molecule has 2 unspecified atom stereocenters. The van der Waals surface area contributed by atoms with Gasteiger partial charge in [0, 0.05) is 19.2 Å². The van der Waals surface area contributed by atoms with E-state index in [1.54, 1.807) is 0 Å². The normalized spacial score (nSPS) is 31.8. The van der Waals surface area contributed by atoms with E-state index >= 15 is 0 Å². The molecule has 17 heavy (non-hydrogen) atoms. The highest BCUT2D eigenvalue weighted by Crippen LogP contribution is 2.23. The third-order valence-electron chi connectivity index (χ3n) is 3.56. The standard InChI is InChI=1S/C11H21NO4S/c13-8-10-4-1-2-6-12(10)17(14,15)9-11-5-3-7-16-11/h10-11,13H,1-9H2. The average Bonchev–Trinajstić information content (AvgIpc) is 2.81. The summed E-state index contributed by atoms with van der Waals surface area (Å²) in [6.07, 6.45) is 4.28. The van der Waals surface area contributed by atoms with Gasteiger partial charge in [0.05, 0.1) is 18.5 Å². The lowest BCUT2D eigenvalue weighted by atomic mass is 10.1. The van der Waals surface area contributed by atoms with E-state index in [1.165, 1.54) is 4.31 Å². The summed E-state index contributed by atoms with van der Waals surface area (Å²) in [4.78, 5) is 0. The summed E-state index contributed by atoms with van der Waals surface area (Å²) < 4.78 is 31.4. The first-order chi connectivity index (χ1) is 8.13. The SMILES string of the molecule is O=S(=O)(CC1CCCO1)N1CCCCC1CO. The van der Waals surface area contributed by atoms with Gasteiger partial charge >= 0.3 is 0 Å². The van der Waals surface area contributed by atoms with E-state index in [0.29, 0.717) is 13.2 Å². The molecule has 2 saturated heterocycles. The molecule has 2 fully saturated rings. The van der Waals surface area contributed by atoms with Crippen LogP contribution in [0.5, 0.6) is 0 Å². The fourth-order valence-corrected chi connectivity index (χ4v) is 4.59. The monoisotopic (exact) mass is 263 g/mol. The van der Waals surface area contributed by atoms with Crippen molar-refractivity contribution < 1.29 is 18.3 Å². The predicted octanol–water partition coefficient (Wildman–Crippen LogP) is 0.342. The molecule has 0 aromatic heterocycles. The van der Waals surface area contributed by atoms with Crippen molar-refractivity contribution in [2.24, 2.45) is 0 Å². The quantitative estimate of drug-likeness (QED) is 0.794. The summed E-state index contributed by atoms with van der Waals surface area (Å²) in [6, 6.07) is -0.227. The van der Waals surface area contributed by atoms with Crippen LogP contribution in [0.1, 0.15) is 32.1 Å². The Bertz CT molecular complexity index is 337. The van der Waals surface area contributed by atoms with Crippen molar-refractivity contribution >= 4 is 10.0 Å². The molecular formula is C11H21NO4S. The van der Waals surface area contributed by atoms with Gasteiger partial charge in [0.15, 0.2) is 0 Å². The van der Waals surface area contributed by atoms with Gasteiger partial charge in [-0.25, -0.2) is 8.42 Å². The van der Waals surface area contributed by atoms with E-state index in [0.717, 1.165) is 32.1 Å². The van der Waals surface area contributed by atoms with Crippen molar-refractivity contribution in [2.75, 3.05) is 25.5 Å². The van der Waals surface area contributed by atoms with Crippen molar-refractivity contribution in [3.05, 3.63) is 0 Å². The van der Waals surface area contributed by atoms with Crippen LogP contribution < -0.4 is 0 Å². The van der Waals surface area contributed by atoms with Crippen LogP contribution >= 0.6 is 0 Å². The number of piperidine rings is 1. The third kappa shape index (κ3) is 3.19. The lowest BCUT2D eigenvalue weighted by Gasteiger charge is -2.34. The maximum Gasteiger partial charge on any atom is 0.216 e. The van der Waals surface area contributed by atoms with Crippen LogP contribution in [0.4, 0.5) is 0 Å². The first-order valence-corrected chi connectivity index (χ1v) is 7.96. The second kappa shape index (κ2) is 5.65. The van der Waals surface area contributed by atoms with Crippen LogP contribution in [0.3, 0.4) is 0 Å². The lowest BCUT2D eigenvalue weighted by Crippen LogP contribution is -2.47. The van der Waals surface area contributed by atoms with Crippen molar-refractivity contribution in [3.63, 3.8) is 0 Å². The molecule has 6 heteroatoms. The summed E-state index contributed by atoms with van der Waals surface area (Å²) in [7, 11) is -3.28. The maximum atomic E-state index is 12.2. The van der Waals surface area contributed by atoms with Gasteiger partial charge in [-0.15, -0.1) is 0 Å². The minimum atomic E-state index is -3.28. The van der Waals surface area contributed by atoms with Crippen LogP contribution in [0.15, 0.2) is 0 Å². The minimum Gasteiger partial charge on any atom is -0.395 e. The summed E-state index contributed by atoms with van der Waals surface area (Å²) >= 11 is 0. The largest absolute Gasteiger partial charge is 0.395 e. The van der Waals surface area contributed by atoms with Gasteiger partial charge in [0.1, 0.15) is 0 Å². The smallest absolute Gasteiger partial charge is 0.216 e. The molecule has 0 amide bonds. The second-order valence-electron chi connectivity index (χ2n) is 4.86. The highest BCUT2D eigenvalue weighted by molar-refractivity contribution is 7.89. The first kappa shape index (κ1) is 13.3. The van der Waals surface area contributed by atoms with E-state index in [1.807, 2.05) is 0 Å². The molecule has 1 N–H and O–H groups in total. The molecule has 100 valence electrons.